The summed E-state index contributed by atoms with van der Waals surface area (Å²) in [6, 6.07) is 42.1. The number of carbonyl (C=O) groups is 1. The largest absolute Gasteiger partial charge is 0.310 e. The van der Waals surface area contributed by atoms with Gasteiger partial charge in [-0.25, -0.2) is 0 Å². The summed E-state index contributed by atoms with van der Waals surface area (Å²) < 4.78 is 0. The fourth-order valence-electron chi connectivity index (χ4n) is 4.54. The van der Waals surface area contributed by atoms with Crippen LogP contribution in [-0.4, -0.2) is 5.78 Å². The normalized spacial score (nSPS) is 10.9. The third-order valence-electron chi connectivity index (χ3n) is 6.45. The molecule has 0 aliphatic heterocycles. The van der Waals surface area contributed by atoms with Crippen molar-refractivity contribution in [3.8, 4) is 11.1 Å². The predicted octanol–water partition coefficient (Wildman–Crippen LogP) is 9.35. The summed E-state index contributed by atoms with van der Waals surface area (Å²) in [6.07, 6.45) is 2.60. The van der Waals surface area contributed by atoms with Gasteiger partial charge in [-0.1, -0.05) is 104 Å². The fraction of sp³-hybridized carbons (Fsp3) is 0.121. The Labute approximate surface area is 207 Å². The zero-order valence-corrected chi connectivity index (χ0v) is 20.0. The first-order valence-electron chi connectivity index (χ1n) is 12.3. The topological polar surface area (TPSA) is 20.3 Å². The van der Waals surface area contributed by atoms with Crippen LogP contribution in [0.5, 0.6) is 0 Å². The maximum atomic E-state index is 12.3. The summed E-state index contributed by atoms with van der Waals surface area (Å²) >= 11 is 0. The molecule has 0 N–H and O–H groups in total. The highest BCUT2D eigenvalue weighted by molar-refractivity contribution is 5.99. The van der Waals surface area contributed by atoms with Crippen LogP contribution in [-0.2, 0) is 0 Å². The van der Waals surface area contributed by atoms with Crippen molar-refractivity contribution >= 4 is 33.6 Å². The highest BCUT2D eigenvalue weighted by Gasteiger charge is 2.15. The third kappa shape index (κ3) is 4.88. The molecular weight excluding hydrogens is 426 g/mol. The van der Waals surface area contributed by atoms with E-state index in [1.807, 2.05) is 30.3 Å². The van der Waals surface area contributed by atoms with E-state index in [0.717, 1.165) is 46.6 Å². The van der Waals surface area contributed by atoms with Crippen molar-refractivity contribution in [3.63, 3.8) is 0 Å². The van der Waals surface area contributed by atoms with Gasteiger partial charge in [-0.3, -0.25) is 4.79 Å². The van der Waals surface area contributed by atoms with Crippen molar-refractivity contribution in [1.82, 2.24) is 0 Å². The Balaban J connectivity index is 1.49. The van der Waals surface area contributed by atoms with Gasteiger partial charge in [0.2, 0.25) is 0 Å². The molecule has 0 aromatic heterocycles. The van der Waals surface area contributed by atoms with Crippen LogP contribution in [0.15, 0.2) is 121 Å². The highest BCUT2D eigenvalue weighted by Crippen LogP contribution is 2.39. The molecule has 0 bridgehead atoms. The molecule has 0 radical (unpaired) electrons. The van der Waals surface area contributed by atoms with Gasteiger partial charge in [-0.15, -0.1) is 0 Å². The van der Waals surface area contributed by atoms with E-state index in [1.165, 1.54) is 10.8 Å². The predicted molar refractivity (Wildman–Crippen MR) is 148 cm³/mol. The number of hydrogen-bond donors (Lipinski definition) is 0. The molecule has 0 atom stereocenters. The number of carbonyl (C=O) groups excluding carboxylic acids is 1. The molecule has 0 aliphatic rings. The van der Waals surface area contributed by atoms with Gasteiger partial charge in [0.15, 0.2) is 5.78 Å². The zero-order chi connectivity index (χ0) is 24.0. The summed E-state index contributed by atoms with van der Waals surface area (Å²) in [5.41, 5.74) is 6.41. The highest BCUT2D eigenvalue weighted by atomic mass is 16.1. The number of unbranched alkanes of at least 4 members (excludes halogenated alkanes) is 1. The molecule has 172 valence electrons. The number of fused-ring (bicyclic) bond motifs is 1. The van der Waals surface area contributed by atoms with Crippen molar-refractivity contribution in [1.29, 1.82) is 0 Å². The lowest BCUT2D eigenvalue weighted by Crippen LogP contribution is -2.10. The van der Waals surface area contributed by atoms with E-state index in [1.54, 1.807) is 0 Å². The summed E-state index contributed by atoms with van der Waals surface area (Å²) in [6.45, 7) is 2.11. The first-order valence-corrected chi connectivity index (χ1v) is 12.3. The van der Waals surface area contributed by atoms with Crippen LogP contribution in [0.3, 0.4) is 0 Å². The van der Waals surface area contributed by atoms with Gasteiger partial charge >= 0.3 is 0 Å². The van der Waals surface area contributed by atoms with E-state index in [-0.39, 0.29) is 5.78 Å². The summed E-state index contributed by atoms with van der Waals surface area (Å²) in [7, 11) is 0. The number of hydrogen-bond acceptors (Lipinski definition) is 2. The van der Waals surface area contributed by atoms with Gasteiger partial charge in [-0.2, -0.15) is 0 Å². The lowest BCUT2D eigenvalue weighted by molar-refractivity contribution is 0.0980. The van der Waals surface area contributed by atoms with E-state index >= 15 is 0 Å². The molecule has 0 aliphatic carbocycles. The average molecular weight is 456 g/mol. The van der Waals surface area contributed by atoms with Gasteiger partial charge in [-0.05, 0) is 53.3 Å². The van der Waals surface area contributed by atoms with Crippen molar-refractivity contribution in [2.24, 2.45) is 0 Å². The Morgan fingerprint density at radius 1 is 0.629 bits per heavy atom. The number of ketones is 1. The molecule has 2 heteroatoms. The Morgan fingerprint density at radius 2 is 1.23 bits per heavy atom. The summed E-state index contributed by atoms with van der Waals surface area (Å²) in [4.78, 5) is 14.6. The molecule has 0 saturated carbocycles. The third-order valence-corrected chi connectivity index (χ3v) is 6.45. The zero-order valence-electron chi connectivity index (χ0n) is 20.0. The molecule has 0 saturated heterocycles. The first-order chi connectivity index (χ1) is 17.2. The van der Waals surface area contributed by atoms with Crippen molar-refractivity contribution < 1.29 is 4.79 Å². The van der Waals surface area contributed by atoms with Crippen LogP contribution in [0.25, 0.3) is 21.9 Å². The van der Waals surface area contributed by atoms with Crippen molar-refractivity contribution in [2.75, 3.05) is 4.90 Å². The van der Waals surface area contributed by atoms with Crippen LogP contribution < -0.4 is 4.90 Å². The molecular formula is C33H29NO. The van der Waals surface area contributed by atoms with Gasteiger partial charge in [0.25, 0.3) is 0 Å². The van der Waals surface area contributed by atoms with Crippen LogP contribution in [0.1, 0.15) is 36.5 Å². The van der Waals surface area contributed by atoms with E-state index < -0.39 is 0 Å². The van der Waals surface area contributed by atoms with E-state index in [4.69, 9.17) is 0 Å². The Kier molecular flexibility index (Phi) is 6.72. The van der Waals surface area contributed by atoms with E-state index in [0.29, 0.717) is 6.42 Å². The Morgan fingerprint density at radius 3 is 1.94 bits per heavy atom. The standard InChI is InChI=1S/C33H29NO/c1-2-3-16-33(35)28-19-17-25(18-20-28)26-21-23-30(24-22-26)34(29-12-5-4-6-13-29)32-15-9-11-27-10-7-8-14-31(27)32/h4-15,17-24H,2-3,16H2,1H3. The quantitative estimate of drug-likeness (QED) is 0.217. The van der Waals surface area contributed by atoms with Gasteiger partial charge in [0.1, 0.15) is 0 Å². The van der Waals surface area contributed by atoms with Crippen molar-refractivity contribution in [3.05, 3.63) is 127 Å². The number of rotatable bonds is 8. The molecule has 0 unspecified atom stereocenters. The molecule has 35 heavy (non-hydrogen) atoms. The fourth-order valence-corrected chi connectivity index (χ4v) is 4.54. The second kappa shape index (κ2) is 10.4. The first kappa shape index (κ1) is 22.6. The molecule has 0 amide bonds. The molecule has 5 rings (SSSR count). The lowest BCUT2D eigenvalue weighted by atomic mass is 10.00. The number of Topliss-reactive ketones (excluding diaryl/α,β-unsaturated/α-hetero) is 1. The van der Waals surface area contributed by atoms with Gasteiger partial charge in [0.05, 0.1) is 5.69 Å². The molecule has 0 fully saturated rings. The lowest BCUT2D eigenvalue weighted by Gasteiger charge is -2.27. The Bertz CT molecular complexity index is 1410. The maximum absolute atomic E-state index is 12.3. The minimum atomic E-state index is 0.224. The molecule has 0 spiro atoms. The average Bonchev–Trinajstić information content (AvgIpc) is 2.93. The second-order valence-corrected chi connectivity index (χ2v) is 8.82. The minimum absolute atomic E-state index is 0.224. The second-order valence-electron chi connectivity index (χ2n) is 8.82. The number of nitrogens with zero attached hydrogens (tertiary/aromatic N) is 1. The van der Waals surface area contributed by atoms with Crippen LogP contribution in [0.2, 0.25) is 0 Å². The van der Waals surface area contributed by atoms with Crippen LogP contribution >= 0.6 is 0 Å². The Hall–Kier alpha value is -4.17. The van der Waals surface area contributed by atoms with E-state index in [9.17, 15) is 4.79 Å². The molecule has 5 aromatic rings. The van der Waals surface area contributed by atoms with E-state index in [2.05, 4.69) is 103 Å². The molecule has 2 nitrogen and oxygen atoms in total. The maximum Gasteiger partial charge on any atom is 0.162 e. The molecule has 5 aromatic carbocycles. The number of para-hydroxylation sites is 1. The summed E-state index contributed by atoms with van der Waals surface area (Å²) in [5.74, 6) is 0.224. The number of benzene rings is 5. The number of anilines is 3. The smallest absolute Gasteiger partial charge is 0.162 e. The SMILES string of the molecule is CCCCC(=O)c1ccc(-c2ccc(N(c3ccccc3)c3cccc4ccccc34)cc2)cc1. The van der Waals surface area contributed by atoms with Crippen molar-refractivity contribution in [2.45, 2.75) is 26.2 Å². The van der Waals surface area contributed by atoms with Crippen LogP contribution in [0.4, 0.5) is 17.1 Å². The van der Waals surface area contributed by atoms with Gasteiger partial charge in [0, 0.05) is 28.7 Å². The minimum Gasteiger partial charge on any atom is -0.310 e. The van der Waals surface area contributed by atoms with Crippen LogP contribution in [0, 0.1) is 0 Å². The monoisotopic (exact) mass is 455 g/mol. The molecule has 0 heterocycles. The van der Waals surface area contributed by atoms with Gasteiger partial charge < -0.3 is 4.90 Å². The summed E-state index contributed by atoms with van der Waals surface area (Å²) in [5, 5.41) is 2.43.